The molecule has 0 unspecified atom stereocenters. The largest absolute Gasteiger partial charge is 0.497 e. The molecule has 0 spiro atoms. The number of carbonyl (C=O) groups is 1. The standard InChI is InChI=1S/C35H28N4O8/c1-46-28-13-9-22(10-14-28)33(40)32-31(24-6-4-8-27(18-24)39(44)45)34(20-36,21-37)30(23-5-3-7-26(17-23)38(42)43)19-35(32,41)25-11-15-29(47-2)16-12-25/h3-18,30-32,41H,19H2,1-2H3/t30-,31-,32-,35-/m0/s1. The quantitative estimate of drug-likeness (QED) is 0.126. The van der Waals surface area contributed by atoms with Gasteiger partial charge in [-0.25, -0.2) is 0 Å². The zero-order valence-electron chi connectivity index (χ0n) is 25.3. The van der Waals surface area contributed by atoms with Crippen molar-refractivity contribution in [1.82, 2.24) is 0 Å². The molecule has 1 fully saturated rings. The number of Topliss-reactive ketones (excluding diaryl/α,β-unsaturated/α-hetero) is 1. The zero-order valence-corrected chi connectivity index (χ0v) is 25.3. The Morgan fingerprint density at radius 2 is 1.30 bits per heavy atom. The maximum absolute atomic E-state index is 14.8. The number of nitrogens with zero attached hydrogens (tertiary/aromatic N) is 4. The van der Waals surface area contributed by atoms with Crippen LogP contribution in [0.25, 0.3) is 0 Å². The van der Waals surface area contributed by atoms with Crippen molar-refractivity contribution in [2.45, 2.75) is 23.9 Å². The van der Waals surface area contributed by atoms with E-state index in [0.717, 1.165) is 0 Å². The summed E-state index contributed by atoms with van der Waals surface area (Å²) >= 11 is 0. The summed E-state index contributed by atoms with van der Waals surface area (Å²) in [6, 6.07) is 27.3. The van der Waals surface area contributed by atoms with Gasteiger partial charge in [0.25, 0.3) is 11.4 Å². The predicted molar refractivity (Wildman–Crippen MR) is 168 cm³/mol. The second-order valence-electron chi connectivity index (χ2n) is 11.3. The highest BCUT2D eigenvalue weighted by atomic mass is 16.6. The van der Waals surface area contributed by atoms with Gasteiger partial charge in [-0.15, -0.1) is 0 Å². The number of rotatable bonds is 9. The smallest absolute Gasteiger partial charge is 0.269 e. The molecule has 0 aliphatic heterocycles. The van der Waals surface area contributed by atoms with Crippen molar-refractivity contribution in [1.29, 1.82) is 10.5 Å². The number of carbonyl (C=O) groups excluding carboxylic acids is 1. The second-order valence-corrected chi connectivity index (χ2v) is 11.3. The van der Waals surface area contributed by atoms with Crippen LogP contribution in [-0.2, 0) is 5.60 Å². The SMILES string of the molecule is COc1ccc(C(=O)[C@@H]2[C@H](c3cccc([N+](=O)[O-])c3)C(C#N)(C#N)[C@H](c3cccc([N+](=O)[O-])c3)C[C@]2(O)c2ccc(OC)cc2)cc1. The lowest BCUT2D eigenvalue weighted by Gasteiger charge is -2.53. The zero-order chi connectivity index (χ0) is 33.9. The number of aliphatic hydroxyl groups is 1. The van der Waals surface area contributed by atoms with Crippen LogP contribution in [0.2, 0.25) is 0 Å². The number of nitro benzene ring substituents is 2. The lowest BCUT2D eigenvalue weighted by molar-refractivity contribution is -0.385. The Hall–Kier alpha value is -6.11. The van der Waals surface area contributed by atoms with Crippen molar-refractivity contribution >= 4 is 17.2 Å². The Bertz CT molecular complexity index is 1920. The Morgan fingerprint density at radius 3 is 1.79 bits per heavy atom. The van der Waals surface area contributed by atoms with Gasteiger partial charge in [0, 0.05) is 41.7 Å². The van der Waals surface area contributed by atoms with Crippen molar-refractivity contribution in [2.24, 2.45) is 11.3 Å². The van der Waals surface area contributed by atoms with Gasteiger partial charge in [0.15, 0.2) is 11.2 Å². The topological polar surface area (TPSA) is 190 Å². The van der Waals surface area contributed by atoms with Crippen LogP contribution in [0.4, 0.5) is 11.4 Å². The van der Waals surface area contributed by atoms with Crippen LogP contribution >= 0.6 is 0 Å². The molecule has 0 bridgehead atoms. The maximum Gasteiger partial charge on any atom is 0.269 e. The summed E-state index contributed by atoms with van der Waals surface area (Å²) in [5.74, 6) is -3.92. The van der Waals surface area contributed by atoms with Gasteiger partial charge in [0.1, 0.15) is 17.1 Å². The van der Waals surface area contributed by atoms with E-state index in [2.05, 4.69) is 12.1 Å². The molecule has 1 N–H and O–H groups in total. The van der Waals surface area contributed by atoms with E-state index in [1.165, 1.54) is 74.9 Å². The molecule has 4 aromatic rings. The van der Waals surface area contributed by atoms with Crippen LogP contribution < -0.4 is 9.47 Å². The average Bonchev–Trinajstić information content (AvgIpc) is 3.11. The fourth-order valence-corrected chi connectivity index (χ4v) is 6.68. The molecule has 0 saturated heterocycles. The Kier molecular flexibility index (Phi) is 8.73. The third-order valence-corrected chi connectivity index (χ3v) is 8.94. The Labute approximate surface area is 269 Å². The van der Waals surface area contributed by atoms with Gasteiger partial charge in [0.05, 0.1) is 42.1 Å². The minimum absolute atomic E-state index is 0.0937. The number of nitriles is 2. The molecule has 1 saturated carbocycles. The van der Waals surface area contributed by atoms with E-state index in [9.17, 15) is 40.7 Å². The summed E-state index contributed by atoms with van der Waals surface area (Å²) in [4.78, 5) is 37.2. The molecule has 0 heterocycles. The molecule has 4 atom stereocenters. The minimum Gasteiger partial charge on any atom is -0.497 e. The summed E-state index contributed by atoms with van der Waals surface area (Å²) in [6.07, 6.45) is -0.375. The molecule has 4 aromatic carbocycles. The van der Waals surface area contributed by atoms with E-state index in [4.69, 9.17) is 9.47 Å². The minimum atomic E-state index is -2.14. The van der Waals surface area contributed by atoms with Crippen LogP contribution in [0.3, 0.4) is 0 Å². The molecule has 0 radical (unpaired) electrons. The van der Waals surface area contributed by atoms with E-state index < -0.39 is 44.4 Å². The number of benzene rings is 4. The van der Waals surface area contributed by atoms with Gasteiger partial charge >= 0.3 is 0 Å². The van der Waals surface area contributed by atoms with E-state index in [-0.39, 0.29) is 40.0 Å². The van der Waals surface area contributed by atoms with Gasteiger partial charge < -0.3 is 14.6 Å². The van der Waals surface area contributed by atoms with Crippen molar-refractivity contribution in [3.05, 3.63) is 140 Å². The third kappa shape index (κ3) is 5.63. The molecule has 236 valence electrons. The fourth-order valence-electron chi connectivity index (χ4n) is 6.68. The van der Waals surface area contributed by atoms with E-state index in [1.807, 2.05) is 0 Å². The monoisotopic (exact) mass is 632 g/mol. The molecule has 0 amide bonds. The number of non-ortho nitro benzene ring substituents is 2. The van der Waals surface area contributed by atoms with Gasteiger partial charge in [0.2, 0.25) is 0 Å². The molecule has 5 rings (SSSR count). The highest BCUT2D eigenvalue weighted by Crippen LogP contribution is 2.63. The number of methoxy groups -OCH3 is 2. The number of hydrogen-bond acceptors (Lipinski definition) is 10. The molecule has 1 aliphatic carbocycles. The van der Waals surface area contributed by atoms with Crippen LogP contribution in [0.1, 0.15) is 45.3 Å². The first-order chi connectivity index (χ1) is 22.5. The highest BCUT2D eigenvalue weighted by molar-refractivity contribution is 6.00. The molecule has 12 heteroatoms. The van der Waals surface area contributed by atoms with Gasteiger partial charge in [-0.1, -0.05) is 36.4 Å². The van der Waals surface area contributed by atoms with Crippen LogP contribution in [0.5, 0.6) is 11.5 Å². The van der Waals surface area contributed by atoms with Crippen molar-refractivity contribution in [3.8, 4) is 23.6 Å². The van der Waals surface area contributed by atoms with Gasteiger partial charge in [-0.2, -0.15) is 10.5 Å². The summed E-state index contributed by atoms with van der Waals surface area (Å²) < 4.78 is 10.5. The fraction of sp³-hybridized carbons (Fsp3) is 0.229. The number of hydrogen-bond donors (Lipinski definition) is 1. The van der Waals surface area contributed by atoms with Gasteiger partial charge in [-0.3, -0.25) is 25.0 Å². The summed E-state index contributed by atoms with van der Waals surface area (Å²) in [5.41, 5.74) is -4.22. The number of nitro groups is 2. The summed E-state index contributed by atoms with van der Waals surface area (Å²) in [5, 5.41) is 58.5. The van der Waals surface area contributed by atoms with Crippen LogP contribution in [0, 0.1) is 54.2 Å². The average molecular weight is 633 g/mol. The second kappa shape index (κ2) is 12.7. The van der Waals surface area contributed by atoms with Crippen molar-refractivity contribution in [2.75, 3.05) is 14.2 Å². The van der Waals surface area contributed by atoms with Crippen molar-refractivity contribution < 1.29 is 29.2 Å². The molecular weight excluding hydrogens is 604 g/mol. The number of ketones is 1. The third-order valence-electron chi connectivity index (χ3n) is 8.94. The van der Waals surface area contributed by atoms with E-state index >= 15 is 0 Å². The lowest BCUT2D eigenvalue weighted by atomic mass is 9.48. The van der Waals surface area contributed by atoms with Crippen LogP contribution in [0.15, 0.2) is 97.1 Å². The predicted octanol–water partition coefficient (Wildman–Crippen LogP) is 6.21. The molecule has 47 heavy (non-hydrogen) atoms. The van der Waals surface area contributed by atoms with Crippen molar-refractivity contribution in [3.63, 3.8) is 0 Å². The summed E-state index contributed by atoms with van der Waals surface area (Å²) in [7, 11) is 2.92. The number of ether oxygens (including phenoxy) is 2. The normalized spacial score (nSPS) is 21.4. The molecular formula is C35H28N4O8. The van der Waals surface area contributed by atoms with E-state index in [1.54, 1.807) is 36.4 Å². The summed E-state index contributed by atoms with van der Waals surface area (Å²) in [6.45, 7) is 0. The maximum atomic E-state index is 14.8. The van der Waals surface area contributed by atoms with E-state index in [0.29, 0.717) is 11.5 Å². The molecule has 12 nitrogen and oxygen atoms in total. The first-order valence-electron chi connectivity index (χ1n) is 14.4. The Morgan fingerprint density at radius 1 is 0.809 bits per heavy atom. The van der Waals surface area contributed by atoms with Crippen LogP contribution in [-0.4, -0.2) is 35.0 Å². The first-order valence-corrected chi connectivity index (χ1v) is 14.4. The first kappa shape index (κ1) is 32.3. The Balaban J connectivity index is 1.88. The molecule has 0 aromatic heterocycles. The van der Waals surface area contributed by atoms with Gasteiger partial charge in [-0.05, 0) is 59.5 Å². The highest BCUT2D eigenvalue weighted by Gasteiger charge is 2.64. The molecule has 1 aliphatic rings. The lowest BCUT2D eigenvalue weighted by Crippen LogP contribution is -2.55.